The molecule has 3 heterocycles. The standard InChI is InChI=1S/C47H31N7/c1-47(2)37-14-8-10-16-39(37)54(40-17-11-9-15-38(40)47)36-28-22-33(23-29-36)44-41(30-12-6-5-7-13-30)50-45-46(53-44)52-43(32-20-26-35(49-4)27-21-32)42(51-45)31-18-24-34(48-3)25-19-31/h5-29H,1-2H3. The highest BCUT2D eigenvalue weighted by Crippen LogP contribution is 2.51. The molecule has 7 heteroatoms. The third-order valence-corrected chi connectivity index (χ3v) is 10.1. The van der Waals surface area contributed by atoms with E-state index in [4.69, 9.17) is 33.1 Å². The van der Waals surface area contributed by atoms with Crippen LogP contribution in [-0.4, -0.2) is 19.9 Å². The van der Waals surface area contributed by atoms with E-state index < -0.39 is 0 Å². The lowest BCUT2D eigenvalue weighted by molar-refractivity contribution is 0.632. The molecule has 6 aromatic carbocycles. The topological polar surface area (TPSA) is 63.5 Å². The largest absolute Gasteiger partial charge is 0.310 e. The lowest BCUT2D eigenvalue weighted by atomic mass is 9.73. The van der Waals surface area contributed by atoms with Gasteiger partial charge in [0, 0.05) is 22.2 Å². The molecule has 1 aliphatic rings. The predicted molar refractivity (Wildman–Crippen MR) is 216 cm³/mol. The quantitative estimate of drug-likeness (QED) is 0.168. The van der Waals surface area contributed by atoms with Crippen molar-refractivity contribution in [3.05, 3.63) is 186 Å². The van der Waals surface area contributed by atoms with Crippen molar-refractivity contribution in [1.82, 2.24) is 19.9 Å². The third kappa shape index (κ3) is 5.44. The fourth-order valence-corrected chi connectivity index (χ4v) is 7.39. The van der Waals surface area contributed by atoms with E-state index in [0.29, 0.717) is 45.4 Å². The molecule has 0 spiro atoms. The highest BCUT2D eigenvalue weighted by molar-refractivity contribution is 5.90. The fraction of sp³-hybridized carbons (Fsp3) is 0.0638. The van der Waals surface area contributed by atoms with Gasteiger partial charge in [0.25, 0.3) is 0 Å². The SMILES string of the molecule is [C-]#[N+]c1ccc(-c2nc3nc(-c4ccccc4)c(-c4ccc(N5c6ccccc6C(C)(C)c6ccccc65)cc4)nc3nc2-c2ccc([N+]#[C-])cc2)cc1. The molecule has 0 unspecified atom stereocenters. The number of hydrogen-bond acceptors (Lipinski definition) is 5. The highest BCUT2D eigenvalue weighted by Gasteiger charge is 2.36. The van der Waals surface area contributed by atoms with Crippen LogP contribution in [0.2, 0.25) is 0 Å². The average molecular weight is 694 g/mol. The number of anilines is 3. The molecular weight excluding hydrogens is 663 g/mol. The van der Waals surface area contributed by atoms with Gasteiger partial charge in [0.05, 0.1) is 47.3 Å². The first kappa shape index (κ1) is 32.4. The Bertz CT molecular complexity index is 2750. The molecule has 0 atom stereocenters. The Balaban J connectivity index is 1.22. The fourth-order valence-electron chi connectivity index (χ4n) is 7.39. The molecule has 0 aliphatic carbocycles. The van der Waals surface area contributed by atoms with Crippen LogP contribution < -0.4 is 4.90 Å². The molecular formula is C47H31N7. The molecule has 0 saturated carbocycles. The van der Waals surface area contributed by atoms with Gasteiger partial charge < -0.3 is 4.90 Å². The Kier molecular flexibility index (Phi) is 7.77. The maximum atomic E-state index is 7.44. The number of aromatic nitrogens is 4. The third-order valence-electron chi connectivity index (χ3n) is 10.1. The Hall–Kier alpha value is -7.48. The molecule has 2 aromatic heterocycles. The molecule has 54 heavy (non-hydrogen) atoms. The van der Waals surface area contributed by atoms with Gasteiger partial charge in [-0.1, -0.05) is 141 Å². The van der Waals surface area contributed by atoms with Crippen LogP contribution in [0, 0.1) is 13.1 Å². The summed E-state index contributed by atoms with van der Waals surface area (Å²) in [6.45, 7) is 19.5. The second-order valence-corrected chi connectivity index (χ2v) is 13.7. The second kappa shape index (κ2) is 12.9. The molecule has 0 amide bonds. The van der Waals surface area contributed by atoms with Crippen molar-refractivity contribution >= 4 is 39.7 Å². The van der Waals surface area contributed by atoms with Gasteiger partial charge in [-0.2, -0.15) is 0 Å². The number of hydrogen-bond donors (Lipinski definition) is 0. The number of fused-ring (bicyclic) bond motifs is 3. The summed E-state index contributed by atoms with van der Waals surface area (Å²) in [5.41, 5.74) is 13.7. The van der Waals surface area contributed by atoms with Gasteiger partial charge in [-0.15, -0.1) is 0 Å². The normalized spacial score (nSPS) is 12.7. The summed E-state index contributed by atoms with van der Waals surface area (Å²) in [6.07, 6.45) is 0. The summed E-state index contributed by atoms with van der Waals surface area (Å²) in [5, 5.41) is 0. The summed E-state index contributed by atoms with van der Waals surface area (Å²) in [7, 11) is 0. The van der Waals surface area contributed by atoms with E-state index in [2.05, 4.69) is 101 Å². The zero-order valence-electron chi connectivity index (χ0n) is 29.6. The van der Waals surface area contributed by atoms with Crippen molar-refractivity contribution < 1.29 is 0 Å². The van der Waals surface area contributed by atoms with Crippen molar-refractivity contribution in [2.24, 2.45) is 0 Å². The van der Waals surface area contributed by atoms with Gasteiger partial charge >= 0.3 is 0 Å². The smallest absolute Gasteiger partial charge is 0.199 e. The first-order chi connectivity index (χ1) is 26.4. The molecule has 254 valence electrons. The van der Waals surface area contributed by atoms with E-state index >= 15 is 0 Å². The number of rotatable bonds is 5. The number of nitrogens with zero attached hydrogens (tertiary/aromatic N) is 7. The van der Waals surface area contributed by atoms with Gasteiger partial charge in [0.1, 0.15) is 0 Å². The van der Waals surface area contributed by atoms with Crippen LogP contribution in [0.4, 0.5) is 28.4 Å². The monoisotopic (exact) mass is 693 g/mol. The van der Waals surface area contributed by atoms with Gasteiger partial charge in [0.2, 0.25) is 0 Å². The second-order valence-electron chi connectivity index (χ2n) is 13.7. The van der Waals surface area contributed by atoms with E-state index in [1.54, 1.807) is 24.3 Å². The number of para-hydroxylation sites is 2. The molecule has 1 aliphatic heterocycles. The zero-order chi connectivity index (χ0) is 36.8. The van der Waals surface area contributed by atoms with E-state index in [9.17, 15) is 0 Å². The molecule has 0 saturated heterocycles. The predicted octanol–water partition coefficient (Wildman–Crippen LogP) is 12.3. The van der Waals surface area contributed by atoms with Gasteiger partial charge in [-0.25, -0.2) is 29.6 Å². The van der Waals surface area contributed by atoms with Gasteiger partial charge in [-0.05, 0) is 46.5 Å². The van der Waals surface area contributed by atoms with E-state index in [0.717, 1.165) is 39.3 Å². The molecule has 9 rings (SSSR count). The van der Waals surface area contributed by atoms with E-state index in [1.165, 1.54) is 11.1 Å². The summed E-state index contributed by atoms with van der Waals surface area (Å²) < 4.78 is 0. The summed E-state index contributed by atoms with van der Waals surface area (Å²) >= 11 is 0. The first-order valence-electron chi connectivity index (χ1n) is 17.6. The van der Waals surface area contributed by atoms with Gasteiger partial charge in [-0.3, -0.25) is 0 Å². The summed E-state index contributed by atoms with van der Waals surface area (Å²) in [6, 6.07) is 50.4. The minimum atomic E-state index is -0.144. The minimum Gasteiger partial charge on any atom is -0.310 e. The van der Waals surface area contributed by atoms with Crippen LogP contribution in [0.1, 0.15) is 25.0 Å². The molecule has 0 radical (unpaired) electrons. The molecule has 7 nitrogen and oxygen atoms in total. The van der Waals surface area contributed by atoms with Crippen LogP contribution in [0.3, 0.4) is 0 Å². The van der Waals surface area contributed by atoms with Crippen molar-refractivity contribution in [2.75, 3.05) is 4.90 Å². The summed E-state index contributed by atoms with van der Waals surface area (Å²) in [5.74, 6) is 0. The Morgan fingerprint density at radius 3 is 1.19 bits per heavy atom. The average Bonchev–Trinajstić information content (AvgIpc) is 3.23. The highest BCUT2D eigenvalue weighted by atomic mass is 15.2. The molecule has 0 bridgehead atoms. The van der Waals surface area contributed by atoms with Gasteiger partial charge in [0.15, 0.2) is 22.7 Å². The van der Waals surface area contributed by atoms with Crippen LogP contribution >= 0.6 is 0 Å². The van der Waals surface area contributed by atoms with Crippen LogP contribution in [-0.2, 0) is 5.41 Å². The number of benzene rings is 6. The van der Waals surface area contributed by atoms with Crippen LogP contribution in [0.15, 0.2) is 152 Å². The molecule has 0 N–H and O–H groups in total. The lowest BCUT2D eigenvalue weighted by Crippen LogP contribution is -2.30. The Morgan fingerprint density at radius 1 is 0.426 bits per heavy atom. The minimum absolute atomic E-state index is 0.144. The molecule has 0 fully saturated rings. The lowest BCUT2D eigenvalue weighted by Gasteiger charge is -2.42. The molecule has 8 aromatic rings. The first-order valence-corrected chi connectivity index (χ1v) is 17.6. The van der Waals surface area contributed by atoms with Crippen molar-refractivity contribution in [3.63, 3.8) is 0 Å². The van der Waals surface area contributed by atoms with Crippen LogP contribution in [0.5, 0.6) is 0 Å². The van der Waals surface area contributed by atoms with E-state index in [1.807, 2.05) is 54.6 Å². The maximum absolute atomic E-state index is 7.44. The summed E-state index contributed by atoms with van der Waals surface area (Å²) in [4.78, 5) is 30.0. The van der Waals surface area contributed by atoms with Crippen molar-refractivity contribution in [3.8, 4) is 45.0 Å². The Morgan fingerprint density at radius 2 is 0.778 bits per heavy atom. The Labute approximate surface area is 313 Å². The van der Waals surface area contributed by atoms with Crippen molar-refractivity contribution in [1.29, 1.82) is 0 Å². The van der Waals surface area contributed by atoms with Crippen molar-refractivity contribution in [2.45, 2.75) is 19.3 Å². The van der Waals surface area contributed by atoms with Crippen LogP contribution in [0.25, 0.3) is 66.0 Å². The zero-order valence-corrected chi connectivity index (χ0v) is 29.6. The van der Waals surface area contributed by atoms with E-state index in [-0.39, 0.29) is 5.41 Å². The maximum Gasteiger partial charge on any atom is 0.199 e.